The van der Waals surface area contributed by atoms with Crippen LogP contribution < -0.4 is 0 Å². The summed E-state index contributed by atoms with van der Waals surface area (Å²) < 4.78 is 0. The summed E-state index contributed by atoms with van der Waals surface area (Å²) in [5.41, 5.74) is 3.64. The van der Waals surface area contributed by atoms with Gasteiger partial charge < -0.3 is 0 Å². The molecule has 0 aliphatic heterocycles. The molecule has 0 aromatic heterocycles. The fraction of sp³-hybridized carbons (Fsp3) is 0.939. The Kier molecular flexibility index (Phi) is 7.83. The molecule has 190 valence electrons. The Morgan fingerprint density at radius 3 is 2.27 bits per heavy atom. The molecule has 0 amide bonds. The Morgan fingerprint density at radius 1 is 0.879 bits per heavy atom. The highest BCUT2D eigenvalue weighted by atomic mass is 14.6. The van der Waals surface area contributed by atoms with Gasteiger partial charge in [0.2, 0.25) is 0 Å². The zero-order chi connectivity index (χ0) is 23.9. The van der Waals surface area contributed by atoms with Crippen LogP contribution in [0.3, 0.4) is 0 Å². The van der Waals surface area contributed by atoms with Gasteiger partial charge >= 0.3 is 0 Å². The molecule has 4 rings (SSSR count). The SMILES string of the molecule is CCCC1(CCC)CCC[C@@]2(C)C1=CC[C@H]1[C@@H]3CC[C@H]([C@H](C)CCCC(C)C)[C@@]3(C)CC[C@@H]12. The van der Waals surface area contributed by atoms with Gasteiger partial charge in [0, 0.05) is 0 Å². The molecule has 0 unspecified atom stereocenters. The van der Waals surface area contributed by atoms with Crippen molar-refractivity contribution in [3.05, 3.63) is 11.6 Å². The first-order valence-corrected chi connectivity index (χ1v) is 15.4. The average molecular weight is 455 g/mol. The van der Waals surface area contributed by atoms with Gasteiger partial charge in [0.25, 0.3) is 0 Å². The molecule has 0 aromatic rings. The Balaban J connectivity index is 1.56. The molecule has 0 spiro atoms. The largest absolute Gasteiger partial charge is 0.0839 e. The molecule has 4 aliphatic rings. The molecular weight excluding hydrogens is 396 g/mol. The van der Waals surface area contributed by atoms with Gasteiger partial charge in [0.1, 0.15) is 0 Å². The Bertz CT molecular complexity index is 673. The van der Waals surface area contributed by atoms with Crippen LogP contribution >= 0.6 is 0 Å². The summed E-state index contributed by atoms with van der Waals surface area (Å²) in [6.45, 7) is 17.8. The van der Waals surface area contributed by atoms with Crippen LogP contribution in [0.25, 0.3) is 0 Å². The van der Waals surface area contributed by atoms with E-state index in [4.69, 9.17) is 0 Å². The van der Waals surface area contributed by atoms with Crippen molar-refractivity contribution in [2.45, 2.75) is 145 Å². The summed E-state index contributed by atoms with van der Waals surface area (Å²) in [7, 11) is 0. The molecular formula is C33H58. The van der Waals surface area contributed by atoms with Crippen LogP contribution in [0.1, 0.15) is 145 Å². The van der Waals surface area contributed by atoms with E-state index in [2.05, 4.69) is 54.5 Å². The molecule has 0 bridgehead atoms. The molecule has 0 N–H and O–H groups in total. The minimum absolute atomic E-state index is 0.508. The van der Waals surface area contributed by atoms with Crippen LogP contribution in [-0.4, -0.2) is 0 Å². The maximum absolute atomic E-state index is 2.87. The zero-order valence-electron chi connectivity index (χ0n) is 23.6. The summed E-state index contributed by atoms with van der Waals surface area (Å²) in [6.07, 6.45) is 24.8. The monoisotopic (exact) mass is 454 g/mol. The van der Waals surface area contributed by atoms with E-state index >= 15 is 0 Å². The normalized spacial score (nSPS) is 40.7. The van der Waals surface area contributed by atoms with Crippen LogP contribution in [0, 0.1) is 51.8 Å². The van der Waals surface area contributed by atoms with Crippen LogP contribution in [0.2, 0.25) is 0 Å². The van der Waals surface area contributed by atoms with Gasteiger partial charge in [-0.2, -0.15) is 0 Å². The van der Waals surface area contributed by atoms with Crippen molar-refractivity contribution in [2.75, 3.05) is 0 Å². The quantitative estimate of drug-likeness (QED) is 0.304. The van der Waals surface area contributed by atoms with Crippen molar-refractivity contribution in [1.82, 2.24) is 0 Å². The van der Waals surface area contributed by atoms with E-state index in [9.17, 15) is 0 Å². The van der Waals surface area contributed by atoms with Crippen LogP contribution in [0.5, 0.6) is 0 Å². The first kappa shape index (κ1) is 25.8. The van der Waals surface area contributed by atoms with Crippen molar-refractivity contribution < 1.29 is 0 Å². The lowest BCUT2D eigenvalue weighted by Gasteiger charge is -2.61. The highest BCUT2D eigenvalue weighted by molar-refractivity contribution is 5.31. The van der Waals surface area contributed by atoms with E-state index in [1.807, 2.05) is 5.57 Å². The van der Waals surface area contributed by atoms with Crippen molar-refractivity contribution in [1.29, 1.82) is 0 Å². The van der Waals surface area contributed by atoms with Crippen molar-refractivity contribution >= 4 is 0 Å². The van der Waals surface area contributed by atoms with Gasteiger partial charge in [-0.3, -0.25) is 0 Å². The first-order chi connectivity index (χ1) is 15.7. The number of fused-ring (bicyclic) bond motifs is 5. The molecule has 0 heteroatoms. The second-order valence-electron chi connectivity index (χ2n) is 14.3. The molecule has 0 aromatic carbocycles. The van der Waals surface area contributed by atoms with E-state index in [-0.39, 0.29) is 0 Å². The van der Waals surface area contributed by atoms with Gasteiger partial charge in [0.15, 0.2) is 0 Å². The molecule has 33 heavy (non-hydrogen) atoms. The molecule has 0 saturated heterocycles. The third kappa shape index (κ3) is 4.42. The van der Waals surface area contributed by atoms with E-state index in [1.54, 1.807) is 0 Å². The van der Waals surface area contributed by atoms with Crippen LogP contribution in [0.4, 0.5) is 0 Å². The predicted octanol–water partition coefficient (Wildman–Crippen LogP) is 10.6. The van der Waals surface area contributed by atoms with Crippen molar-refractivity contribution in [3.63, 3.8) is 0 Å². The van der Waals surface area contributed by atoms with E-state index in [1.165, 1.54) is 96.3 Å². The second-order valence-corrected chi connectivity index (χ2v) is 14.3. The predicted molar refractivity (Wildman–Crippen MR) is 145 cm³/mol. The van der Waals surface area contributed by atoms with Gasteiger partial charge in [-0.25, -0.2) is 0 Å². The lowest BCUT2D eigenvalue weighted by atomic mass is 9.43. The molecule has 0 nitrogen and oxygen atoms in total. The highest BCUT2D eigenvalue weighted by Gasteiger charge is 2.60. The fourth-order valence-corrected chi connectivity index (χ4v) is 10.8. The summed E-state index contributed by atoms with van der Waals surface area (Å²) in [5, 5.41) is 0. The zero-order valence-corrected chi connectivity index (χ0v) is 23.6. The molecule has 0 radical (unpaired) electrons. The Hall–Kier alpha value is -0.260. The summed E-state index contributed by atoms with van der Waals surface area (Å²) in [4.78, 5) is 0. The third-order valence-corrected chi connectivity index (χ3v) is 12.0. The standard InChI is InChI=1S/C33H58/c1-8-19-33(20-9-2)22-11-21-32(7)29-18-23-31(6)27(25(5)13-10-12-24(3)4)15-16-28(31)26(29)14-17-30(32)33/h17,24-29H,8-16,18-23H2,1-7H3/t25-,26+,27-,28+,29+,31-,32-/m1/s1. The molecule has 3 saturated carbocycles. The first-order valence-electron chi connectivity index (χ1n) is 15.4. The van der Waals surface area contributed by atoms with Crippen molar-refractivity contribution in [2.24, 2.45) is 51.8 Å². The number of rotatable bonds is 9. The van der Waals surface area contributed by atoms with E-state index in [0.717, 1.165) is 35.5 Å². The number of allylic oxidation sites excluding steroid dienone is 2. The average Bonchev–Trinajstić information content (AvgIpc) is 3.11. The van der Waals surface area contributed by atoms with E-state index < -0.39 is 0 Å². The summed E-state index contributed by atoms with van der Waals surface area (Å²) >= 11 is 0. The Morgan fingerprint density at radius 2 is 1.61 bits per heavy atom. The summed E-state index contributed by atoms with van der Waals surface area (Å²) in [5.74, 6) is 5.73. The van der Waals surface area contributed by atoms with E-state index in [0.29, 0.717) is 16.2 Å². The number of hydrogen-bond acceptors (Lipinski definition) is 0. The maximum atomic E-state index is 2.87. The molecule has 7 atom stereocenters. The summed E-state index contributed by atoms with van der Waals surface area (Å²) in [6, 6.07) is 0. The third-order valence-electron chi connectivity index (χ3n) is 12.0. The smallest absolute Gasteiger partial charge is 0.00797 e. The highest BCUT2D eigenvalue weighted by Crippen LogP contribution is 2.70. The lowest BCUT2D eigenvalue weighted by molar-refractivity contribution is -0.0619. The topological polar surface area (TPSA) is 0 Å². The number of hydrogen-bond donors (Lipinski definition) is 0. The minimum atomic E-state index is 0.508. The second kappa shape index (κ2) is 10.0. The fourth-order valence-electron chi connectivity index (χ4n) is 10.8. The van der Waals surface area contributed by atoms with Gasteiger partial charge in [-0.15, -0.1) is 0 Å². The van der Waals surface area contributed by atoms with Gasteiger partial charge in [0.05, 0.1) is 0 Å². The van der Waals surface area contributed by atoms with Gasteiger partial charge in [-0.1, -0.05) is 98.6 Å². The lowest BCUT2D eigenvalue weighted by Crippen LogP contribution is -2.52. The van der Waals surface area contributed by atoms with Gasteiger partial charge in [-0.05, 0) is 110 Å². The van der Waals surface area contributed by atoms with Crippen LogP contribution in [0.15, 0.2) is 11.6 Å². The molecule has 4 aliphatic carbocycles. The maximum Gasteiger partial charge on any atom is -0.00797 e. The Labute approximate surface area is 208 Å². The van der Waals surface area contributed by atoms with Crippen molar-refractivity contribution in [3.8, 4) is 0 Å². The van der Waals surface area contributed by atoms with Crippen LogP contribution in [-0.2, 0) is 0 Å². The minimum Gasteiger partial charge on any atom is -0.0839 e. The molecule has 0 heterocycles. The molecule has 3 fully saturated rings.